The number of rotatable bonds is 8. The molecule has 2 aromatic heterocycles. The summed E-state index contributed by atoms with van der Waals surface area (Å²) >= 11 is 1.55. The van der Waals surface area contributed by atoms with Gasteiger partial charge in [-0.3, -0.25) is 9.20 Å². The van der Waals surface area contributed by atoms with Gasteiger partial charge in [0.2, 0.25) is 0 Å². The normalized spacial score (nSPS) is 20.3. The fourth-order valence-electron chi connectivity index (χ4n) is 7.16. The molecular formula is C33H38F2N4OS. The average molecular weight is 577 g/mol. The number of imidazole rings is 1. The highest BCUT2D eigenvalue weighted by molar-refractivity contribution is 7.23. The molecule has 8 heteroatoms. The van der Waals surface area contributed by atoms with Crippen molar-refractivity contribution in [3.05, 3.63) is 58.5 Å². The maximum atomic E-state index is 15.8. The predicted molar refractivity (Wildman–Crippen MR) is 161 cm³/mol. The van der Waals surface area contributed by atoms with Crippen LogP contribution in [0.15, 0.2) is 30.5 Å². The molecule has 216 valence electrons. The number of Topliss-reactive ketones (excluding diaryl/α,β-unsaturated/α-hetero) is 1. The van der Waals surface area contributed by atoms with Gasteiger partial charge in [0.15, 0.2) is 10.7 Å². The first-order valence-corrected chi connectivity index (χ1v) is 16.3. The summed E-state index contributed by atoms with van der Waals surface area (Å²) in [6.45, 7) is 3.59. The standard InChI is InChI=1S/C33H38F2N4OS/c34-22-12-16-38(17-13-22)15-4-3-9-30(40)21-10-11-29-31(18-21)41-33-37-28(20-39(29)33)32-24-7-2-1-6-23(24)25(19-26(32)35)27-8-5-14-36-27/h10-11,18-20,22,27,36H,1-9,12-17H2/t27-/m0/s1. The molecule has 0 bridgehead atoms. The van der Waals surface area contributed by atoms with E-state index in [1.807, 2.05) is 28.8 Å². The second-order valence-electron chi connectivity index (χ2n) is 12.1. The van der Waals surface area contributed by atoms with E-state index in [1.165, 1.54) is 5.56 Å². The number of aromatic nitrogens is 2. The summed E-state index contributed by atoms with van der Waals surface area (Å²) in [7, 11) is 0. The fraction of sp³-hybridized carbons (Fsp3) is 0.515. The molecule has 2 saturated heterocycles. The first kappa shape index (κ1) is 27.2. The molecule has 2 aromatic carbocycles. The number of hydrogen-bond acceptors (Lipinski definition) is 5. The van der Waals surface area contributed by atoms with Gasteiger partial charge >= 0.3 is 0 Å². The minimum atomic E-state index is -0.647. The van der Waals surface area contributed by atoms with E-state index in [0.717, 1.165) is 109 Å². The molecule has 4 aromatic rings. The van der Waals surface area contributed by atoms with Gasteiger partial charge in [0.25, 0.3) is 0 Å². The Bertz CT molecular complexity index is 1580. The minimum absolute atomic E-state index is 0.159. The molecule has 2 aliphatic heterocycles. The molecule has 0 saturated carbocycles. The summed E-state index contributed by atoms with van der Waals surface area (Å²) in [4.78, 5) is 21.0. The van der Waals surface area contributed by atoms with E-state index in [9.17, 15) is 9.18 Å². The molecule has 2 fully saturated rings. The van der Waals surface area contributed by atoms with E-state index in [0.29, 0.717) is 30.5 Å². The van der Waals surface area contributed by atoms with Crippen molar-refractivity contribution in [2.75, 3.05) is 26.2 Å². The number of carbonyl (C=O) groups is 1. The Balaban J connectivity index is 1.09. The molecule has 0 spiro atoms. The molecule has 0 radical (unpaired) electrons. The third-order valence-corrected chi connectivity index (χ3v) is 10.4. The van der Waals surface area contributed by atoms with Crippen LogP contribution in [0.1, 0.15) is 90.9 Å². The zero-order chi connectivity index (χ0) is 27.9. The smallest absolute Gasteiger partial charge is 0.195 e. The summed E-state index contributed by atoms with van der Waals surface area (Å²) in [5.74, 6) is -0.00387. The van der Waals surface area contributed by atoms with E-state index in [2.05, 4.69) is 10.2 Å². The van der Waals surface area contributed by atoms with Crippen LogP contribution in [0.4, 0.5) is 8.78 Å². The third kappa shape index (κ3) is 5.35. The molecule has 1 atom stereocenters. The molecule has 7 rings (SSSR count). The van der Waals surface area contributed by atoms with Crippen molar-refractivity contribution in [2.24, 2.45) is 0 Å². The quantitative estimate of drug-likeness (QED) is 0.175. The molecule has 1 N–H and O–H groups in total. The lowest BCUT2D eigenvalue weighted by molar-refractivity contribution is 0.0976. The van der Waals surface area contributed by atoms with Crippen LogP contribution < -0.4 is 5.32 Å². The Morgan fingerprint density at radius 1 is 1.05 bits per heavy atom. The fourth-order valence-corrected chi connectivity index (χ4v) is 8.21. The van der Waals surface area contributed by atoms with Gasteiger partial charge in [-0.25, -0.2) is 13.8 Å². The van der Waals surface area contributed by atoms with Gasteiger partial charge in [0, 0.05) is 42.9 Å². The summed E-state index contributed by atoms with van der Waals surface area (Å²) in [6.07, 6.45) is 11.3. The zero-order valence-electron chi connectivity index (χ0n) is 23.6. The molecular weight excluding hydrogens is 538 g/mol. The number of benzene rings is 2. The lowest BCUT2D eigenvalue weighted by Gasteiger charge is -2.28. The average Bonchev–Trinajstić information content (AvgIpc) is 3.73. The number of alkyl halides is 1. The topological polar surface area (TPSA) is 49.6 Å². The number of halogens is 2. The number of thiazole rings is 1. The number of fused-ring (bicyclic) bond motifs is 4. The van der Waals surface area contributed by atoms with Gasteiger partial charge in [0.1, 0.15) is 12.0 Å². The predicted octanol–water partition coefficient (Wildman–Crippen LogP) is 7.45. The van der Waals surface area contributed by atoms with E-state index < -0.39 is 6.17 Å². The second kappa shape index (κ2) is 11.5. The largest absolute Gasteiger partial charge is 0.310 e. The number of nitrogens with zero attached hydrogens (tertiary/aromatic N) is 3. The molecule has 3 aliphatic rings. The van der Waals surface area contributed by atoms with Crippen molar-refractivity contribution in [2.45, 2.75) is 82.8 Å². The van der Waals surface area contributed by atoms with Crippen molar-refractivity contribution >= 4 is 32.3 Å². The number of carbonyl (C=O) groups excluding carboxylic acids is 1. The molecule has 5 nitrogen and oxygen atoms in total. The third-order valence-electron chi connectivity index (χ3n) is 9.39. The van der Waals surface area contributed by atoms with E-state index in [1.54, 1.807) is 17.4 Å². The van der Waals surface area contributed by atoms with Gasteiger partial charge in [-0.15, -0.1) is 0 Å². The molecule has 1 aliphatic carbocycles. The minimum Gasteiger partial charge on any atom is -0.310 e. The van der Waals surface area contributed by atoms with Crippen LogP contribution in [0.25, 0.3) is 26.4 Å². The Kier molecular flexibility index (Phi) is 7.65. The summed E-state index contributed by atoms with van der Waals surface area (Å²) in [5.41, 5.74) is 6.75. The number of hydrogen-bond donors (Lipinski definition) is 1. The molecule has 4 heterocycles. The van der Waals surface area contributed by atoms with Gasteiger partial charge < -0.3 is 10.2 Å². The second-order valence-corrected chi connectivity index (χ2v) is 13.1. The van der Waals surface area contributed by atoms with Crippen LogP contribution in [-0.4, -0.2) is 52.4 Å². The Labute approximate surface area is 244 Å². The number of nitrogens with one attached hydrogen (secondary N) is 1. The van der Waals surface area contributed by atoms with Crippen molar-refractivity contribution < 1.29 is 13.6 Å². The number of piperidine rings is 1. The van der Waals surface area contributed by atoms with E-state index in [4.69, 9.17) is 4.98 Å². The number of unbranched alkanes of at least 4 members (excludes halogenated alkanes) is 1. The van der Waals surface area contributed by atoms with Crippen molar-refractivity contribution in [3.8, 4) is 11.3 Å². The number of likely N-dealkylation sites (tertiary alicyclic amines) is 1. The van der Waals surface area contributed by atoms with Crippen molar-refractivity contribution in [3.63, 3.8) is 0 Å². The molecule has 0 amide bonds. The summed E-state index contributed by atoms with van der Waals surface area (Å²) in [6, 6.07) is 7.93. The first-order valence-electron chi connectivity index (χ1n) is 15.4. The lowest BCUT2D eigenvalue weighted by Crippen LogP contribution is -2.35. The van der Waals surface area contributed by atoms with Gasteiger partial charge in [-0.1, -0.05) is 11.3 Å². The zero-order valence-corrected chi connectivity index (χ0v) is 24.4. The van der Waals surface area contributed by atoms with Gasteiger partial charge in [0.05, 0.1) is 15.9 Å². The Morgan fingerprint density at radius 2 is 1.88 bits per heavy atom. The highest BCUT2D eigenvalue weighted by Crippen LogP contribution is 2.40. The Morgan fingerprint density at radius 3 is 2.68 bits per heavy atom. The maximum Gasteiger partial charge on any atom is 0.195 e. The van der Waals surface area contributed by atoms with Gasteiger partial charge in [-0.2, -0.15) is 0 Å². The van der Waals surface area contributed by atoms with Crippen molar-refractivity contribution in [1.82, 2.24) is 19.6 Å². The van der Waals surface area contributed by atoms with Crippen LogP contribution >= 0.6 is 11.3 Å². The summed E-state index contributed by atoms with van der Waals surface area (Å²) in [5, 5.41) is 3.57. The lowest BCUT2D eigenvalue weighted by atomic mass is 9.82. The SMILES string of the molecule is O=C(CCCCN1CCC(F)CC1)c1ccc2c(c1)sc1nc(-c3c(F)cc([C@@H]4CCCN4)c4c3CCCC4)cn12. The Hall–Kier alpha value is -2.68. The molecule has 0 unspecified atom stereocenters. The monoisotopic (exact) mass is 576 g/mol. The van der Waals surface area contributed by atoms with Crippen LogP contribution in [0.5, 0.6) is 0 Å². The van der Waals surface area contributed by atoms with Crippen LogP contribution in [-0.2, 0) is 12.8 Å². The molecule has 41 heavy (non-hydrogen) atoms. The van der Waals surface area contributed by atoms with Crippen LogP contribution in [0.2, 0.25) is 0 Å². The van der Waals surface area contributed by atoms with E-state index in [-0.39, 0.29) is 17.6 Å². The van der Waals surface area contributed by atoms with E-state index >= 15 is 4.39 Å². The van der Waals surface area contributed by atoms with Crippen LogP contribution in [0.3, 0.4) is 0 Å². The first-order chi connectivity index (χ1) is 20.0. The highest BCUT2D eigenvalue weighted by atomic mass is 32.1. The van der Waals surface area contributed by atoms with Gasteiger partial charge in [-0.05, 0) is 118 Å². The number of ketones is 1. The maximum absolute atomic E-state index is 15.8. The summed E-state index contributed by atoms with van der Waals surface area (Å²) < 4.78 is 32.2. The van der Waals surface area contributed by atoms with Crippen LogP contribution in [0, 0.1) is 5.82 Å². The highest BCUT2D eigenvalue weighted by Gasteiger charge is 2.28. The van der Waals surface area contributed by atoms with Crippen molar-refractivity contribution in [1.29, 1.82) is 0 Å².